The Bertz CT molecular complexity index is 7750. The number of aromatic nitrogens is 20. The molecule has 16 heterocycles. The molecule has 145 heavy (non-hydrogen) atoms. The van der Waals surface area contributed by atoms with Crippen molar-refractivity contribution >= 4 is 58.0 Å². The Balaban J connectivity index is 0.000000175. The van der Waals surface area contributed by atoms with Gasteiger partial charge in [-0.05, 0) is 182 Å². The summed E-state index contributed by atoms with van der Waals surface area (Å²) in [5.74, 6) is -11.5. The lowest BCUT2D eigenvalue weighted by Crippen LogP contribution is -2.23. The van der Waals surface area contributed by atoms with E-state index in [0.29, 0.717) is 157 Å². The first-order valence-electron chi connectivity index (χ1n) is 46.6. The van der Waals surface area contributed by atoms with E-state index in [2.05, 4.69) is 79.7 Å². The smallest absolute Gasteiger partial charge is 0.277 e. The topological polar surface area (TPSA) is 423 Å². The second kappa shape index (κ2) is 45.5. The maximum Gasteiger partial charge on any atom is 0.277 e. The zero-order valence-corrected chi connectivity index (χ0v) is 82.9. The molecule has 0 atom stereocenters. The Kier molecular flexibility index (Phi) is 30.6. The van der Waals surface area contributed by atoms with Crippen LogP contribution in [0, 0.1) is 102 Å². The Morgan fingerprint density at radius 1 is 0.310 bits per heavy atom. The minimum atomic E-state index is -2.86. The summed E-state index contributed by atoms with van der Waals surface area (Å²) in [7, 11) is 0. The maximum atomic E-state index is 14.2. The number of ether oxygens (including phenoxy) is 3. The standard InChI is InChI=1S/3C25H22ClF2N5O3.C19H19ClN4O3.C6H4ClF2N/c3*1-13-10-30-18(17-5-6-29-24(32-17)25(3,4)35)9-20(13)33-14(2)7-21(22(26)23(33)34)36-12-19-16(28)8-15(27)11-31-19;1-10-9-22-13(12-5-6-21-18(23-12)19(3,4)27)8-14(10)24-11(2)7-15(25)16(20)17(24)26;7-2-6-5(9)1-4(8)3-10-6/h3*5-11,35H,12H2,1-4H3;5-9,25,27H,1-4H3;1,3H,2H2/i3*12D2;;2D2. The van der Waals surface area contributed by atoms with E-state index in [0.717, 1.165) is 5.56 Å². The van der Waals surface area contributed by atoms with Crippen LogP contribution < -0.4 is 36.4 Å². The van der Waals surface area contributed by atoms with Gasteiger partial charge < -0.3 is 39.7 Å². The van der Waals surface area contributed by atoms with Gasteiger partial charge in [0.1, 0.15) is 131 Å². The van der Waals surface area contributed by atoms with Gasteiger partial charge in [0.2, 0.25) is 0 Å². The highest BCUT2D eigenvalue weighted by molar-refractivity contribution is 6.33. The largest absolute Gasteiger partial charge is 0.506 e. The van der Waals surface area contributed by atoms with Crippen molar-refractivity contribution in [2.45, 2.75) is 159 Å². The molecule has 0 aliphatic heterocycles. The van der Waals surface area contributed by atoms with Gasteiger partial charge in [-0.15, -0.1) is 11.6 Å². The molecule has 0 aliphatic carbocycles. The molecular formula is C100H89Cl5F8N20O12. The Labute approximate surface area is 857 Å². The first kappa shape index (κ1) is 97.7. The van der Waals surface area contributed by atoms with E-state index >= 15 is 0 Å². The average molecular weight is 2100 g/mol. The van der Waals surface area contributed by atoms with Crippen LogP contribution >= 0.6 is 58.0 Å². The number of rotatable bonds is 22. The fraction of sp³-hybridized carbons (Fsp3) is 0.240. The number of aliphatic hydroxyl groups is 4. The molecule has 16 aromatic rings. The quantitative estimate of drug-likeness (QED) is 0.0311. The molecule has 0 saturated carbocycles. The van der Waals surface area contributed by atoms with Crippen LogP contribution in [-0.2, 0) is 47.9 Å². The van der Waals surface area contributed by atoms with E-state index in [1.54, 1.807) is 183 Å². The van der Waals surface area contributed by atoms with Crippen LogP contribution in [0.25, 0.3) is 68.3 Å². The first-order valence-corrected chi connectivity index (χ1v) is 44.5. The number of halogens is 13. The number of hydrogen-bond donors (Lipinski definition) is 5. The van der Waals surface area contributed by atoms with Gasteiger partial charge in [0.15, 0.2) is 40.7 Å². The van der Waals surface area contributed by atoms with Crippen molar-refractivity contribution in [2.75, 3.05) is 0 Å². The summed E-state index contributed by atoms with van der Waals surface area (Å²) in [6.45, 7) is 17.4. The lowest BCUT2D eigenvalue weighted by atomic mass is 10.1. The molecule has 0 unspecified atom stereocenters. The van der Waals surface area contributed by atoms with Crippen molar-refractivity contribution in [2.24, 2.45) is 0 Å². The monoisotopic (exact) mass is 2100 g/mol. The molecule has 0 fully saturated rings. The molecule has 0 bridgehead atoms. The minimum Gasteiger partial charge on any atom is -0.506 e. The third kappa shape index (κ3) is 26.3. The number of aryl methyl sites for hydroxylation is 8. The van der Waals surface area contributed by atoms with Gasteiger partial charge in [-0.25, -0.2) is 75.0 Å². The van der Waals surface area contributed by atoms with Crippen LogP contribution in [-0.4, -0.2) is 124 Å². The van der Waals surface area contributed by atoms with Gasteiger partial charge >= 0.3 is 0 Å². The van der Waals surface area contributed by atoms with E-state index in [1.165, 1.54) is 61.1 Å². The van der Waals surface area contributed by atoms with Crippen molar-refractivity contribution < 1.29 is 85.8 Å². The third-order valence-electron chi connectivity index (χ3n) is 20.4. The second-order valence-corrected chi connectivity index (χ2v) is 35.5. The van der Waals surface area contributed by atoms with Crippen LogP contribution in [0.1, 0.15) is 157 Å². The lowest BCUT2D eigenvalue weighted by molar-refractivity contribution is 0.0683. The van der Waals surface area contributed by atoms with E-state index in [1.807, 2.05) is 6.92 Å². The summed E-state index contributed by atoms with van der Waals surface area (Å²) >= 11 is 29.9. The van der Waals surface area contributed by atoms with Gasteiger partial charge in [-0.2, -0.15) is 0 Å². The Morgan fingerprint density at radius 3 is 0.752 bits per heavy atom. The van der Waals surface area contributed by atoms with E-state index in [9.17, 15) is 79.8 Å². The predicted molar refractivity (Wildman–Crippen MR) is 523 cm³/mol. The van der Waals surface area contributed by atoms with Gasteiger partial charge in [0, 0.05) is 121 Å². The SMILES string of the molecule is Cc1cnc(-c2ccnc(C(C)(C)O)n2)cc1-n1c(C)cc(O)c(Cl)c1=O.[2H]C([2H])(Cl)c1ncc(F)cc1F.[2H]C([2H])(Oc1cc(C)n(-c2cc(-c3ccnc(C(C)(C)O)n3)ncc2C)c(=O)c1Cl)c1ncc(F)cc1F.[2H]C([2H])(Oc1cc(C)n(-c2cc(-c3ccnc(C(C)(C)O)n3)ncc2C)c(=O)c1Cl)c1ncc(F)cc1F.[2H]C([2H])(Oc1cc(C)n(-c2cc(-c3ccnc(C(C)(C)O)n3)ncc2C)c(=O)c1Cl)c1ncc(F)cc1F. The van der Waals surface area contributed by atoms with Crippen molar-refractivity contribution in [3.05, 3.63) is 371 Å². The highest BCUT2D eigenvalue weighted by Gasteiger charge is 2.29. The highest BCUT2D eigenvalue weighted by Crippen LogP contribution is 2.35. The number of nitrogens with zero attached hydrogens (tertiary/aromatic N) is 20. The van der Waals surface area contributed by atoms with Crippen LogP contribution in [0.5, 0.6) is 23.0 Å². The molecule has 16 rings (SSSR count). The normalized spacial score (nSPS) is 12.7. The van der Waals surface area contributed by atoms with Crippen LogP contribution in [0.15, 0.2) is 191 Å². The maximum absolute atomic E-state index is 14.2. The lowest BCUT2D eigenvalue weighted by Gasteiger charge is -2.17. The third-order valence-corrected chi connectivity index (χ3v) is 22.0. The fourth-order valence-corrected chi connectivity index (χ4v) is 14.0. The number of alkyl halides is 1. The van der Waals surface area contributed by atoms with Crippen LogP contribution in [0.2, 0.25) is 20.1 Å². The summed E-state index contributed by atoms with van der Waals surface area (Å²) in [4.78, 5) is 118. The highest BCUT2D eigenvalue weighted by atomic mass is 35.5. The molecule has 0 radical (unpaired) electrons. The predicted octanol–water partition coefficient (Wildman–Crippen LogP) is 18.3. The van der Waals surface area contributed by atoms with E-state index in [-0.39, 0.29) is 51.3 Å². The molecule has 0 saturated heterocycles. The van der Waals surface area contributed by atoms with Crippen LogP contribution in [0.3, 0.4) is 0 Å². The molecular weight excluding hydrogens is 2000 g/mol. The molecule has 0 aromatic carbocycles. The molecule has 0 spiro atoms. The zero-order valence-electron chi connectivity index (χ0n) is 87.1. The zero-order chi connectivity index (χ0) is 113. The number of pyridine rings is 12. The van der Waals surface area contributed by atoms with Crippen molar-refractivity contribution in [1.29, 1.82) is 0 Å². The minimum absolute atomic E-state index is 0.193. The molecule has 45 heteroatoms. The van der Waals surface area contributed by atoms with E-state index < -0.39 is 155 Å². The summed E-state index contributed by atoms with van der Waals surface area (Å²) < 4.78 is 191. The molecule has 5 N–H and O–H groups in total. The van der Waals surface area contributed by atoms with Gasteiger partial charge in [-0.1, -0.05) is 46.4 Å². The molecule has 16 aromatic heterocycles. The molecule has 0 amide bonds. The van der Waals surface area contributed by atoms with Crippen molar-refractivity contribution in [3.63, 3.8) is 0 Å². The summed E-state index contributed by atoms with van der Waals surface area (Å²) in [6, 6.07) is 20.4. The fourth-order valence-electron chi connectivity index (χ4n) is 13.2. The Hall–Kier alpha value is -14.8. The van der Waals surface area contributed by atoms with E-state index in [4.69, 9.17) is 83.2 Å². The average Bonchev–Trinajstić information content (AvgIpc) is 0.775. The van der Waals surface area contributed by atoms with Crippen molar-refractivity contribution in [1.82, 2.24) is 98.0 Å². The summed E-state index contributed by atoms with van der Waals surface area (Å²) in [5.41, 5.74) is -1.37. The number of aromatic hydroxyl groups is 1. The summed E-state index contributed by atoms with van der Waals surface area (Å²) in [5, 5.41) is 49.0. The summed E-state index contributed by atoms with van der Waals surface area (Å²) in [6.07, 6.45) is 14.9. The number of hydrogen-bond acceptors (Lipinski definition) is 28. The molecule has 752 valence electrons. The van der Waals surface area contributed by atoms with Crippen LogP contribution in [0.4, 0.5) is 35.1 Å². The van der Waals surface area contributed by atoms with Gasteiger partial charge in [0.05, 0.1) is 116 Å². The Morgan fingerprint density at radius 2 is 0.531 bits per heavy atom. The molecule has 0 aliphatic rings. The second-order valence-electron chi connectivity index (χ2n) is 33.8. The van der Waals surface area contributed by atoms with Crippen molar-refractivity contribution in [3.8, 4) is 91.3 Å². The molecule has 32 nitrogen and oxygen atoms in total. The van der Waals surface area contributed by atoms with Gasteiger partial charge in [0.25, 0.3) is 22.2 Å². The van der Waals surface area contributed by atoms with Gasteiger partial charge in [-0.3, -0.25) is 77.3 Å². The first-order chi connectivity index (χ1) is 71.1.